The fraction of sp³-hybridized carbons (Fsp3) is 0.333. The molecule has 0 saturated heterocycles. The molecule has 0 N–H and O–H groups in total. The van der Waals surface area contributed by atoms with Crippen molar-refractivity contribution < 1.29 is 23.3 Å². The van der Waals surface area contributed by atoms with E-state index in [-0.39, 0.29) is 18.9 Å². The van der Waals surface area contributed by atoms with Crippen molar-refractivity contribution in [1.29, 1.82) is 0 Å². The first kappa shape index (κ1) is 9.25. The van der Waals surface area contributed by atoms with Crippen LogP contribution in [0.5, 0.6) is 0 Å². The Morgan fingerprint density at radius 2 is 2.44 bits per heavy atom. The minimum atomic E-state index is 0. The molecule has 0 atom stereocenters. The zero-order chi connectivity index (χ0) is 5.82. The van der Waals surface area contributed by atoms with Crippen LogP contribution in [0.15, 0.2) is 23.4 Å². The van der Waals surface area contributed by atoms with E-state index in [0.717, 1.165) is 6.42 Å². The van der Waals surface area contributed by atoms with E-state index in [9.17, 15) is 0 Å². The standard InChI is InChI=1S/C6H8OSi.Li/c1-7-8-6-4-2-3-5-6;/h2-4H,5H2,1H3;/q;+1. The van der Waals surface area contributed by atoms with E-state index in [4.69, 9.17) is 4.43 Å². The average Bonchev–Trinajstić information content (AvgIpc) is 2.19. The van der Waals surface area contributed by atoms with E-state index in [1.54, 1.807) is 7.11 Å². The molecule has 0 aliphatic heterocycles. The Bertz CT molecular complexity index is 131. The molecule has 1 aliphatic rings. The first-order valence-electron chi connectivity index (χ1n) is 2.58. The fourth-order valence-electron chi connectivity index (χ4n) is 0.654. The molecular weight excluding hydrogens is 123 g/mol. The summed E-state index contributed by atoms with van der Waals surface area (Å²) in [7, 11) is 2.30. The van der Waals surface area contributed by atoms with E-state index in [1.165, 1.54) is 5.20 Å². The minimum Gasteiger partial charge on any atom is -0.415 e. The predicted octanol–water partition coefficient (Wildman–Crippen LogP) is -1.90. The van der Waals surface area contributed by atoms with Crippen LogP contribution in [0.2, 0.25) is 0 Å². The van der Waals surface area contributed by atoms with Crippen molar-refractivity contribution in [1.82, 2.24) is 0 Å². The summed E-state index contributed by atoms with van der Waals surface area (Å²) >= 11 is 0. The summed E-state index contributed by atoms with van der Waals surface area (Å²) in [4.78, 5) is 0. The van der Waals surface area contributed by atoms with E-state index in [2.05, 4.69) is 18.2 Å². The number of hydrogen-bond donors (Lipinski definition) is 0. The van der Waals surface area contributed by atoms with Gasteiger partial charge in [-0.3, -0.25) is 0 Å². The number of hydrogen-bond acceptors (Lipinski definition) is 1. The monoisotopic (exact) mass is 131 g/mol. The average molecular weight is 131 g/mol. The van der Waals surface area contributed by atoms with Gasteiger partial charge in [-0.25, -0.2) is 0 Å². The second-order valence-electron chi connectivity index (χ2n) is 1.63. The summed E-state index contributed by atoms with van der Waals surface area (Å²) in [5.41, 5.74) is 0. The molecule has 0 unspecified atom stereocenters. The van der Waals surface area contributed by atoms with Crippen molar-refractivity contribution in [3.63, 3.8) is 0 Å². The first-order valence-corrected chi connectivity index (χ1v) is 3.49. The van der Waals surface area contributed by atoms with Crippen LogP contribution in [0.25, 0.3) is 0 Å². The van der Waals surface area contributed by atoms with Gasteiger partial charge >= 0.3 is 18.9 Å². The van der Waals surface area contributed by atoms with Crippen molar-refractivity contribution in [3.8, 4) is 0 Å². The van der Waals surface area contributed by atoms with E-state index < -0.39 is 0 Å². The summed E-state index contributed by atoms with van der Waals surface area (Å²) in [6.45, 7) is 0. The van der Waals surface area contributed by atoms with Crippen molar-refractivity contribution >= 4 is 9.76 Å². The van der Waals surface area contributed by atoms with Crippen molar-refractivity contribution in [2.45, 2.75) is 6.42 Å². The molecule has 42 valence electrons. The van der Waals surface area contributed by atoms with Crippen LogP contribution in [0, 0.1) is 0 Å². The first-order chi connectivity index (χ1) is 3.93. The molecule has 9 heavy (non-hydrogen) atoms. The van der Waals surface area contributed by atoms with Gasteiger partial charge in [0.15, 0.2) is 0 Å². The van der Waals surface area contributed by atoms with Crippen LogP contribution >= 0.6 is 0 Å². The molecule has 0 saturated carbocycles. The summed E-state index contributed by atoms with van der Waals surface area (Å²) < 4.78 is 4.95. The predicted molar refractivity (Wildman–Crippen MR) is 34.6 cm³/mol. The maximum absolute atomic E-state index is 4.95. The quantitative estimate of drug-likeness (QED) is 0.398. The van der Waals surface area contributed by atoms with Gasteiger partial charge in [-0.1, -0.05) is 23.4 Å². The molecule has 1 nitrogen and oxygen atoms in total. The third kappa shape index (κ3) is 3.07. The molecule has 0 aromatic carbocycles. The third-order valence-electron chi connectivity index (χ3n) is 1.00. The summed E-state index contributed by atoms with van der Waals surface area (Å²) in [6, 6.07) is 0. The smallest absolute Gasteiger partial charge is 0.415 e. The Hall–Kier alpha value is 0.254. The Morgan fingerprint density at radius 1 is 1.67 bits per heavy atom. The molecule has 0 spiro atoms. The SMILES string of the molecule is CO[Si]C1=CC=CC1.[Li+]. The van der Waals surface area contributed by atoms with E-state index in [0.29, 0.717) is 9.76 Å². The third-order valence-corrected chi connectivity index (χ3v) is 1.84. The van der Waals surface area contributed by atoms with Crippen molar-refractivity contribution in [2.75, 3.05) is 7.11 Å². The topological polar surface area (TPSA) is 9.23 Å². The summed E-state index contributed by atoms with van der Waals surface area (Å²) in [6.07, 6.45) is 7.41. The number of allylic oxidation sites excluding steroid dienone is 4. The van der Waals surface area contributed by atoms with Gasteiger partial charge in [-0.05, 0) is 6.42 Å². The number of rotatable bonds is 2. The van der Waals surface area contributed by atoms with Gasteiger partial charge in [0.1, 0.15) is 0 Å². The molecule has 0 aromatic heterocycles. The molecule has 0 fully saturated rings. The molecule has 0 bridgehead atoms. The van der Waals surface area contributed by atoms with Gasteiger partial charge < -0.3 is 4.43 Å². The molecular formula is C6H8LiOSi+. The molecule has 2 radical (unpaired) electrons. The normalized spacial score (nSPS) is 15.0. The van der Waals surface area contributed by atoms with Crippen LogP contribution in [0.1, 0.15) is 6.42 Å². The molecule has 3 heteroatoms. The van der Waals surface area contributed by atoms with Crippen LogP contribution in [0.3, 0.4) is 0 Å². The summed E-state index contributed by atoms with van der Waals surface area (Å²) in [5.74, 6) is 0. The molecule has 1 rings (SSSR count). The van der Waals surface area contributed by atoms with Crippen LogP contribution in [0.4, 0.5) is 0 Å². The van der Waals surface area contributed by atoms with Gasteiger partial charge in [0, 0.05) is 7.11 Å². The van der Waals surface area contributed by atoms with Gasteiger partial charge in [0.2, 0.25) is 0 Å². The van der Waals surface area contributed by atoms with E-state index in [1.807, 2.05) is 0 Å². The Balaban J connectivity index is 0.000000640. The maximum Gasteiger partial charge on any atom is 1.00 e. The van der Waals surface area contributed by atoms with Gasteiger partial charge in [0.25, 0.3) is 9.76 Å². The second-order valence-corrected chi connectivity index (χ2v) is 2.88. The molecule has 0 aromatic rings. The molecule has 0 heterocycles. The maximum atomic E-state index is 4.95. The van der Waals surface area contributed by atoms with Crippen LogP contribution < -0.4 is 18.9 Å². The Morgan fingerprint density at radius 3 is 2.89 bits per heavy atom. The summed E-state index contributed by atoms with van der Waals surface area (Å²) in [5, 5.41) is 1.40. The van der Waals surface area contributed by atoms with Crippen LogP contribution in [-0.2, 0) is 4.43 Å². The van der Waals surface area contributed by atoms with Crippen molar-refractivity contribution in [3.05, 3.63) is 23.4 Å². The Labute approximate surface area is 70.3 Å². The van der Waals surface area contributed by atoms with Crippen molar-refractivity contribution in [2.24, 2.45) is 0 Å². The van der Waals surface area contributed by atoms with Gasteiger partial charge in [0.05, 0.1) is 0 Å². The second kappa shape index (κ2) is 5.07. The van der Waals surface area contributed by atoms with E-state index >= 15 is 0 Å². The zero-order valence-electron chi connectivity index (χ0n) is 5.85. The fourth-order valence-corrected chi connectivity index (χ4v) is 1.28. The Kier molecular flexibility index (Phi) is 5.22. The van der Waals surface area contributed by atoms with Crippen LogP contribution in [-0.4, -0.2) is 16.9 Å². The minimum absolute atomic E-state index is 0. The molecule has 0 amide bonds. The largest absolute Gasteiger partial charge is 1.00 e. The van der Waals surface area contributed by atoms with Gasteiger partial charge in [-0.2, -0.15) is 0 Å². The van der Waals surface area contributed by atoms with Gasteiger partial charge in [-0.15, -0.1) is 0 Å². The molecule has 1 aliphatic carbocycles. The zero-order valence-corrected chi connectivity index (χ0v) is 6.85.